The number of alkyl halides is 2. The molecule has 1 rings (SSSR count). The molecule has 17 heavy (non-hydrogen) atoms. The van der Waals surface area contributed by atoms with Crippen LogP contribution in [-0.4, -0.2) is 26.2 Å². The van der Waals surface area contributed by atoms with Gasteiger partial charge in [-0.15, -0.1) is 0 Å². The first-order chi connectivity index (χ1) is 8.09. The summed E-state index contributed by atoms with van der Waals surface area (Å²) >= 11 is 0. The van der Waals surface area contributed by atoms with Crippen LogP contribution in [0.3, 0.4) is 0 Å². The van der Waals surface area contributed by atoms with Crippen molar-refractivity contribution in [2.24, 2.45) is 0 Å². The van der Waals surface area contributed by atoms with Gasteiger partial charge in [-0.05, 0) is 30.5 Å². The van der Waals surface area contributed by atoms with Gasteiger partial charge in [-0.3, -0.25) is 0 Å². The topological polar surface area (TPSA) is 21.3 Å². The van der Waals surface area contributed by atoms with Crippen molar-refractivity contribution in [1.82, 2.24) is 5.32 Å². The fourth-order valence-electron chi connectivity index (χ4n) is 1.46. The van der Waals surface area contributed by atoms with Crippen molar-refractivity contribution < 1.29 is 13.5 Å². The van der Waals surface area contributed by atoms with E-state index in [1.807, 2.05) is 0 Å². The van der Waals surface area contributed by atoms with Gasteiger partial charge in [0.2, 0.25) is 0 Å². The highest BCUT2D eigenvalue weighted by Crippen LogP contribution is 2.09. The van der Waals surface area contributed by atoms with E-state index < -0.39 is 13.0 Å². The van der Waals surface area contributed by atoms with Crippen LogP contribution in [-0.2, 0) is 11.3 Å². The Bertz CT molecular complexity index is 342. The Kier molecular flexibility index (Phi) is 6.08. The Morgan fingerprint density at radius 3 is 2.65 bits per heavy atom. The third kappa shape index (κ3) is 5.75. The minimum atomic E-state index is -2.38. The maximum atomic E-state index is 11.7. The molecule has 0 aliphatic rings. The minimum Gasteiger partial charge on any atom is -0.374 e. The summed E-state index contributed by atoms with van der Waals surface area (Å²) in [5.74, 6) is 0. The largest absolute Gasteiger partial charge is 0.374 e. The average Bonchev–Trinajstić information content (AvgIpc) is 2.27. The highest BCUT2D eigenvalue weighted by atomic mass is 19.3. The minimum absolute atomic E-state index is 0.315. The van der Waals surface area contributed by atoms with Crippen molar-refractivity contribution in [2.45, 2.75) is 26.8 Å². The lowest BCUT2D eigenvalue weighted by molar-refractivity contribution is 0.0187. The fraction of sp³-hybridized carbons (Fsp3) is 0.538. The fourth-order valence-corrected chi connectivity index (χ4v) is 1.46. The van der Waals surface area contributed by atoms with Crippen LogP contribution in [0, 0.1) is 13.8 Å². The molecule has 0 bridgehead atoms. The number of nitrogens with one attached hydrogen (secondary N) is 1. The number of halogens is 2. The normalized spacial score (nSPS) is 11.1. The van der Waals surface area contributed by atoms with E-state index in [-0.39, 0.29) is 0 Å². The molecule has 1 N–H and O–H groups in total. The Hall–Kier alpha value is -1.00. The van der Waals surface area contributed by atoms with E-state index in [0.717, 1.165) is 6.54 Å². The first-order valence-corrected chi connectivity index (χ1v) is 5.72. The lowest BCUT2D eigenvalue weighted by Gasteiger charge is -2.07. The smallest absolute Gasteiger partial charge is 0.261 e. The van der Waals surface area contributed by atoms with E-state index in [1.165, 1.54) is 16.7 Å². The van der Waals surface area contributed by atoms with Crippen LogP contribution in [0.4, 0.5) is 8.78 Å². The molecular weight excluding hydrogens is 224 g/mol. The third-order valence-electron chi connectivity index (χ3n) is 2.57. The summed E-state index contributed by atoms with van der Waals surface area (Å²) in [7, 11) is 0. The number of rotatable bonds is 7. The van der Waals surface area contributed by atoms with Gasteiger partial charge in [0.25, 0.3) is 6.43 Å². The van der Waals surface area contributed by atoms with Crippen molar-refractivity contribution in [3.05, 3.63) is 34.9 Å². The van der Waals surface area contributed by atoms with Gasteiger partial charge in [-0.1, -0.05) is 18.2 Å². The predicted molar refractivity (Wildman–Crippen MR) is 64.4 cm³/mol. The number of hydrogen-bond acceptors (Lipinski definition) is 2. The number of ether oxygens (including phenoxy) is 1. The first-order valence-electron chi connectivity index (χ1n) is 5.72. The van der Waals surface area contributed by atoms with E-state index in [0.29, 0.717) is 13.2 Å². The molecule has 0 saturated heterocycles. The molecule has 0 aliphatic carbocycles. The average molecular weight is 243 g/mol. The number of hydrogen-bond donors (Lipinski definition) is 1. The summed E-state index contributed by atoms with van der Waals surface area (Å²) in [5.41, 5.74) is 3.73. The van der Waals surface area contributed by atoms with Crippen LogP contribution in [0.2, 0.25) is 0 Å². The van der Waals surface area contributed by atoms with Crippen molar-refractivity contribution in [2.75, 3.05) is 19.8 Å². The Morgan fingerprint density at radius 1 is 1.24 bits per heavy atom. The van der Waals surface area contributed by atoms with Crippen molar-refractivity contribution in [3.8, 4) is 0 Å². The third-order valence-corrected chi connectivity index (χ3v) is 2.57. The standard InChI is InChI=1S/C13H19F2NO/c1-10-3-4-12(7-11(10)2)8-16-5-6-17-9-13(14)15/h3-4,7,13,16H,5-6,8-9H2,1-2H3. The molecular formula is C13H19F2NO. The SMILES string of the molecule is Cc1ccc(CNCCOCC(F)F)cc1C. The molecule has 0 heterocycles. The second kappa shape index (κ2) is 7.35. The summed E-state index contributed by atoms with van der Waals surface area (Å²) in [6.07, 6.45) is -2.38. The highest BCUT2D eigenvalue weighted by Gasteiger charge is 2.01. The predicted octanol–water partition coefficient (Wildman–Crippen LogP) is 2.67. The van der Waals surface area contributed by atoms with Gasteiger partial charge in [-0.25, -0.2) is 8.78 Å². The molecule has 0 atom stereocenters. The van der Waals surface area contributed by atoms with Crippen LogP contribution in [0.15, 0.2) is 18.2 Å². The zero-order valence-electron chi connectivity index (χ0n) is 10.3. The first kappa shape index (κ1) is 14.1. The molecule has 0 aromatic heterocycles. The molecule has 2 nitrogen and oxygen atoms in total. The summed E-state index contributed by atoms with van der Waals surface area (Å²) in [6.45, 7) is 5.30. The van der Waals surface area contributed by atoms with Crippen LogP contribution in [0.1, 0.15) is 16.7 Å². The van der Waals surface area contributed by atoms with E-state index in [2.05, 4.69) is 37.4 Å². The molecule has 0 spiro atoms. The summed E-state index contributed by atoms with van der Waals surface area (Å²) in [6, 6.07) is 6.28. The molecule has 0 saturated carbocycles. The van der Waals surface area contributed by atoms with Crippen LogP contribution in [0.5, 0.6) is 0 Å². The Labute approximate surface area is 101 Å². The number of aryl methyl sites for hydroxylation is 2. The van der Waals surface area contributed by atoms with Gasteiger partial charge in [0.1, 0.15) is 6.61 Å². The van der Waals surface area contributed by atoms with Crippen molar-refractivity contribution in [3.63, 3.8) is 0 Å². The Morgan fingerprint density at radius 2 is 2.00 bits per heavy atom. The van der Waals surface area contributed by atoms with Gasteiger partial charge < -0.3 is 10.1 Å². The van der Waals surface area contributed by atoms with Crippen molar-refractivity contribution >= 4 is 0 Å². The zero-order valence-corrected chi connectivity index (χ0v) is 10.3. The second-order valence-corrected chi connectivity index (χ2v) is 4.06. The molecule has 0 fully saturated rings. The van der Waals surface area contributed by atoms with E-state index in [1.54, 1.807) is 0 Å². The summed E-state index contributed by atoms with van der Waals surface area (Å²) < 4.78 is 28.3. The highest BCUT2D eigenvalue weighted by molar-refractivity contribution is 5.29. The van der Waals surface area contributed by atoms with E-state index in [4.69, 9.17) is 4.74 Å². The molecule has 0 aliphatic heterocycles. The van der Waals surface area contributed by atoms with Gasteiger partial charge >= 0.3 is 0 Å². The summed E-state index contributed by atoms with van der Waals surface area (Å²) in [4.78, 5) is 0. The summed E-state index contributed by atoms with van der Waals surface area (Å²) in [5, 5.41) is 3.15. The molecule has 0 radical (unpaired) electrons. The lowest BCUT2D eigenvalue weighted by Crippen LogP contribution is -2.20. The monoisotopic (exact) mass is 243 g/mol. The molecule has 1 aromatic rings. The van der Waals surface area contributed by atoms with E-state index >= 15 is 0 Å². The zero-order chi connectivity index (χ0) is 12.7. The maximum absolute atomic E-state index is 11.7. The van der Waals surface area contributed by atoms with Gasteiger partial charge in [0.05, 0.1) is 6.61 Å². The van der Waals surface area contributed by atoms with Gasteiger partial charge in [0, 0.05) is 13.1 Å². The van der Waals surface area contributed by atoms with Gasteiger partial charge in [-0.2, -0.15) is 0 Å². The van der Waals surface area contributed by atoms with Crippen LogP contribution < -0.4 is 5.32 Å². The molecule has 96 valence electrons. The Balaban J connectivity index is 2.16. The molecule has 0 amide bonds. The van der Waals surface area contributed by atoms with Crippen LogP contribution >= 0.6 is 0 Å². The molecule has 1 aromatic carbocycles. The maximum Gasteiger partial charge on any atom is 0.261 e. The van der Waals surface area contributed by atoms with Crippen LogP contribution in [0.25, 0.3) is 0 Å². The quantitative estimate of drug-likeness (QED) is 0.743. The molecule has 4 heteroatoms. The van der Waals surface area contributed by atoms with E-state index in [9.17, 15) is 8.78 Å². The second-order valence-electron chi connectivity index (χ2n) is 4.06. The number of benzene rings is 1. The molecule has 0 unspecified atom stereocenters. The van der Waals surface area contributed by atoms with Crippen molar-refractivity contribution in [1.29, 1.82) is 0 Å². The lowest BCUT2D eigenvalue weighted by atomic mass is 10.1. The van der Waals surface area contributed by atoms with Gasteiger partial charge in [0.15, 0.2) is 0 Å².